The van der Waals surface area contributed by atoms with Crippen LogP contribution in [0.3, 0.4) is 0 Å². The molecule has 0 saturated heterocycles. The molecule has 0 aromatic heterocycles. The SMILES string of the molecule is O=[C]OC/C=C/c1cccc(Cl)c1. The minimum atomic E-state index is 0.232. The lowest BCUT2D eigenvalue weighted by Crippen LogP contribution is -1.84. The van der Waals surface area contributed by atoms with Crippen LogP contribution in [0.1, 0.15) is 5.56 Å². The van der Waals surface area contributed by atoms with Gasteiger partial charge in [-0.1, -0.05) is 29.8 Å². The Bertz CT molecular complexity index is 308. The summed E-state index contributed by atoms with van der Waals surface area (Å²) in [5, 5.41) is 0.685. The number of rotatable bonds is 4. The van der Waals surface area contributed by atoms with Gasteiger partial charge in [-0.05, 0) is 23.8 Å². The molecule has 2 nitrogen and oxygen atoms in total. The third-order valence-corrected chi connectivity index (χ3v) is 1.63. The van der Waals surface area contributed by atoms with Crippen molar-refractivity contribution < 1.29 is 9.53 Å². The average molecular weight is 196 g/mol. The Kier molecular flexibility index (Phi) is 4.06. The standard InChI is InChI=1S/C10H8ClO2/c11-10-5-1-3-9(7-10)4-2-6-13-8-12/h1-5,7H,6H2/b4-2+. The van der Waals surface area contributed by atoms with E-state index in [1.807, 2.05) is 24.3 Å². The van der Waals surface area contributed by atoms with E-state index >= 15 is 0 Å². The minimum Gasteiger partial charge on any atom is -0.453 e. The highest BCUT2D eigenvalue weighted by atomic mass is 35.5. The summed E-state index contributed by atoms with van der Waals surface area (Å²) >= 11 is 5.76. The van der Waals surface area contributed by atoms with Crippen LogP contribution in [0, 0.1) is 0 Å². The highest BCUT2D eigenvalue weighted by Gasteiger charge is 1.87. The molecule has 0 aliphatic carbocycles. The first-order valence-electron chi connectivity index (χ1n) is 3.74. The molecule has 0 N–H and O–H groups in total. The van der Waals surface area contributed by atoms with Crippen LogP contribution >= 0.6 is 11.6 Å². The van der Waals surface area contributed by atoms with Crippen LogP contribution in [0.4, 0.5) is 0 Å². The van der Waals surface area contributed by atoms with Gasteiger partial charge in [0.1, 0.15) is 6.61 Å². The Hall–Kier alpha value is -1.28. The quantitative estimate of drug-likeness (QED) is 0.690. The molecule has 0 amide bonds. The number of carbonyl (C=O) groups excluding carboxylic acids is 1. The van der Waals surface area contributed by atoms with E-state index in [0.717, 1.165) is 5.56 Å². The van der Waals surface area contributed by atoms with Crippen molar-refractivity contribution in [1.82, 2.24) is 0 Å². The summed E-state index contributed by atoms with van der Waals surface area (Å²) in [7, 11) is 0. The second-order valence-electron chi connectivity index (χ2n) is 2.35. The van der Waals surface area contributed by atoms with Crippen LogP contribution in [-0.4, -0.2) is 13.1 Å². The number of benzene rings is 1. The summed E-state index contributed by atoms with van der Waals surface area (Å²) in [6, 6.07) is 7.39. The summed E-state index contributed by atoms with van der Waals surface area (Å²) in [6.07, 6.45) is 3.54. The lowest BCUT2D eigenvalue weighted by molar-refractivity contribution is 0.314. The zero-order chi connectivity index (χ0) is 9.52. The van der Waals surface area contributed by atoms with Crippen LogP contribution in [0.5, 0.6) is 0 Å². The van der Waals surface area contributed by atoms with Gasteiger partial charge in [0.05, 0.1) is 0 Å². The smallest absolute Gasteiger partial charge is 0.417 e. The van der Waals surface area contributed by atoms with Crippen molar-refractivity contribution in [3.8, 4) is 0 Å². The van der Waals surface area contributed by atoms with Crippen LogP contribution < -0.4 is 0 Å². The first-order chi connectivity index (χ1) is 6.33. The molecule has 0 heterocycles. The maximum absolute atomic E-state index is 9.67. The molecule has 0 unspecified atom stereocenters. The Morgan fingerprint density at radius 1 is 1.54 bits per heavy atom. The van der Waals surface area contributed by atoms with Crippen molar-refractivity contribution in [2.24, 2.45) is 0 Å². The molecule has 0 aliphatic rings. The van der Waals surface area contributed by atoms with Crippen molar-refractivity contribution in [3.05, 3.63) is 40.9 Å². The molecule has 0 bridgehead atoms. The fourth-order valence-corrected chi connectivity index (χ4v) is 1.08. The number of halogens is 1. The van der Waals surface area contributed by atoms with Gasteiger partial charge in [-0.2, -0.15) is 0 Å². The monoisotopic (exact) mass is 195 g/mol. The topological polar surface area (TPSA) is 26.3 Å². The van der Waals surface area contributed by atoms with Gasteiger partial charge in [0.15, 0.2) is 0 Å². The molecule has 3 heteroatoms. The van der Waals surface area contributed by atoms with E-state index < -0.39 is 0 Å². The third-order valence-electron chi connectivity index (χ3n) is 1.40. The zero-order valence-corrected chi connectivity index (χ0v) is 7.62. The fourth-order valence-electron chi connectivity index (χ4n) is 0.877. The largest absolute Gasteiger partial charge is 0.453 e. The molecule has 0 fully saturated rings. The predicted octanol–water partition coefficient (Wildman–Crippen LogP) is 2.44. The molecule has 67 valence electrons. The number of hydrogen-bond acceptors (Lipinski definition) is 2. The molecule has 0 saturated carbocycles. The minimum absolute atomic E-state index is 0.232. The van der Waals surface area contributed by atoms with Gasteiger partial charge < -0.3 is 4.74 Å². The Labute approximate surface area is 81.8 Å². The molecule has 1 radical (unpaired) electrons. The maximum Gasteiger partial charge on any atom is 0.417 e. The Balaban J connectivity index is 2.53. The summed E-state index contributed by atoms with van der Waals surface area (Å²) in [6.45, 7) is 1.57. The van der Waals surface area contributed by atoms with Crippen molar-refractivity contribution in [2.75, 3.05) is 6.61 Å². The summed E-state index contributed by atoms with van der Waals surface area (Å²) in [4.78, 5) is 9.67. The van der Waals surface area contributed by atoms with Gasteiger partial charge in [0.2, 0.25) is 0 Å². The van der Waals surface area contributed by atoms with Gasteiger partial charge >= 0.3 is 6.47 Å². The molecule has 13 heavy (non-hydrogen) atoms. The summed E-state index contributed by atoms with van der Waals surface area (Å²) in [5.41, 5.74) is 0.974. The number of hydrogen-bond donors (Lipinski definition) is 0. The van der Waals surface area contributed by atoms with Crippen molar-refractivity contribution in [2.45, 2.75) is 0 Å². The van der Waals surface area contributed by atoms with Crippen molar-refractivity contribution in [3.63, 3.8) is 0 Å². The molecule has 0 spiro atoms. The van der Waals surface area contributed by atoms with E-state index in [1.165, 1.54) is 6.47 Å². The van der Waals surface area contributed by atoms with Gasteiger partial charge in [0, 0.05) is 5.02 Å². The van der Waals surface area contributed by atoms with Crippen molar-refractivity contribution in [1.29, 1.82) is 0 Å². The lowest BCUT2D eigenvalue weighted by Gasteiger charge is -1.93. The molecule has 1 aromatic carbocycles. The van der Waals surface area contributed by atoms with Crippen molar-refractivity contribution >= 4 is 24.1 Å². The lowest BCUT2D eigenvalue weighted by atomic mass is 10.2. The van der Waals surface area contributed by atoms with Gasteiger partial charge in [-0.15, -0.1) is 0 Å². The van der Waals surface area contributed by atoms with E-state index in [0.29, 0.717) is 5.02 Å². The van der Waals surface area contributed by atoms with Gasteiger partial charge in [-0.3, -0.25) is 0 Å². The molecular formula is C10H8ClO2. The van der Waals surface area contributed by atoms with E-state index in [2.05, 4.69) is 4.74 Å². The average Bonchev–Trinajstić information content (AvgIpc) is 2.13. The fraction of sp³-hybridized carbons (Fsp3) is 0.100. The first-order valence-corrected chi connectivity index (χ1v) is 4.12. The first kappa shape index (κ1) is 9.81. The highest BCUT2D eigenvalue weighted by Crippen LogP contribution is 2.11. The summed E-state index contributed by atoms with van der Waals surface area (Å²) < 4.78 is 4.36. The van der Waals surface area contributed by atoms with Gasteiger partial charge in [0.25, 0.3) is 0 Å². The van der Waals surface area contributed by atoms with Crippen LogP contribution in [0.2, 0.25) is 5.02 Å². The second kappa shape index (κ2) is 5.38. The summed E-state index contributed by atoms with van der Waals surface area (Å²) in [5.74, 6) is 0. The predicted molar refractivity (Wildman–Crippen MR) is 52.1 cm³/mol. The van der Waals surface area contributed by atoms with E-state index in [1.54, 1.807) is 12.1 Å². The molecule has 0 aliphatic heterocycles. The molecule has 1 rings (SSSR count). The third kappa shape index (κ3) is 3.76. The Morgan fingerprint density at radius 3 is 3.08 bits per heavy atom. The second-order valence-corrected chi connectivity index (χ2v) is 2.79. The molecule has 0 atom stereocenters. The number of ether oxygens (including phenoxy) is 1. The van der Waals surface area contributed by atoms with Crippen LogP contribution in [0.25, 0.3) is 6.08 Å². The van der Waals surface area contributed by atoms with Crippen LogP contribution in [0.15, 0.2) is 30.3 Å². The maximum atomic E-state index is 9.67. The van der Waals surface area contributed by atoms with E-state index in [4.69, 9.17) is 11.6 Å². The van der Waals surface area contributed by atoms with Gasteiger partial charge in [-0.25, -0.2) is 4.79 Å². The normalized spacial score (nSPS) is 10.2. The van der Waals surface area contributed by atoms with E-state index in [-0.39, 0.29) is 6.61 Å². The molecule has 1 aromatic rings. The van der Waals surface area contributed by atoms with E-state index in [9.17, 15) is 4.79 Å². The highest BCUT2D eigenvalue weighted by molar-refractivity contribution is 6.30. The zero-order valence-electron chi connectivity index (χ0n) is 6.87. The Morgan fingerprint density at radius 2 is 2.38 bits per heavy atom. The molecular weight excluding hydrogens is 188 g/mol. The van der Waals surface area contributed by atoms with Crippen LogP contribution in [-0.2, 0) is 9.53 Å².